The Morgan fingerprint density at radius 1 is 1.42 bits per heavy atom. The van der Waals surface area contributed by atoms with Gasteiger partial charge in [-0.3, -0.25) is 0 Å². The topological polar surface area (TPSA) is 41.8 Å². The maximum atomic E-state index is 5.93. The van der Waals surface area contributed by atoms with Crippen molar-refractivity contribution in [2.45, 2.75) is 0 Å². The Bertz CT molecular complexity index is 436. The number of hydrogen-bond donors (Lipinski definition) is 2. The van der Waals surface area contributed by atoms with Crippen LogP contribution in [0.3, 0.4) is 0 Å². The molecule has 0 aliphatic carbocycles. The quantitative estimate of drug-likeness (QED) is 0.688. The van der Waals surface area contributed by atoms with E-state index in [1.165, 1.54) is 0 Å². The molecule has 0 spiro atoms. The van der Waals surface area contributed by atoms with Gasteiger partial charge in [-0.1, -0.05) is 27.5 Å². The third-order valence-corrected chi connectivity index (χ3v) is 2.73. The first-order valence-corrected chi connectivity index (χ1v) is 4.58. The van der Waals surface area contributed by atoms with E-state index in [0.717, 1.165) is 15.4 Å². The summed E-state index contributed by atoms with van der Waals surface area (Å²) in [4.78, 5) is 3.01. The molecule has 0 atom stereocenters. The molecule has 0 saturated carbocycles. The molecule has 62 valence electrons. The van der Waals surface area contributed by atoms with Crippen molar-refractivity contribution in [2.75, 3.05) is 5.73 Å². The molecular weight excluding hydrogens is 239 g/mol. The Kier molecular flexibility index (Phi) is 1.77. The Morgan fingerprint density at radius 3 is 2.83 bits per heavy atom. The fourth-order valence-electron chi connectivity index (χ4n) is 1.19. The van der Waals surface area contributed by atoms with Crippen LogP contribution in [0.15, 0.2) is 22.8 Å². The average Bonchev–Trinajstić information content (AvgIpc) is 2.42. The molecule has 3 N–H and O–H groups in total. The lowest BCUT2D eigenvalue weighted by atomic mass is 10.2. The number of fused-ring (bicyclic) bond motifs is 1. The Morgan fingerprint density at radius 2 is 2.17 bits per heavy atom. The largest absolute Gasteiger partial charge is 0.397 e. The van der Waals surface area contributed by atoms with Gasteiger partial charge in [0.15, 0.2) is 0 Å². The maximum Gasteiger partial charge on any atom is 0.0714 e. The van der Waals surface area contributed by atoms with Crippen molar-refractivity contribution < 1.29 is 0 Å². The van der Waals surface area contributed by atoms with Crippen LogP contribution >= 0.6 is 27.5 Å². The fraction of sp³-hybridized carbons (Fsp3) is 0. The van der Waals surface area contributed by atoms with Gasteiger partial charge < -0.3 is 10.7 Å². The van der Waals surface area contributed by atoms with E-state index >= 15 is 0 Å². The summed E-state index contributed by atoms with van der Waals surface area (Å²) in [5.74, 6) is 0. The van der Waals surface area contributed by atoms with Crippen LogP contribution in [0.4, 0.5) is 5.69 Å². The van der Waals surface area contributed by atoms with E-state index in [0.29, 0.717) is 10.7 Å². The van der Waals surface area contributed by atoms with E-state index in [9.17, 15) is 0 Å². The summed E-state index contributed by atoms with van der Waals surface area (Å²) in [5.41, 5.74) is 7.32. The van der Waals surface area contributed by atoms with E-state index in [1.807, 2.05) is 12.1 Å². The summed E-state index contributed by atoms with van der Waals surface area (Å²) >= 11 is 9.33. The zero-order chi connectivity index (χ0) is 8.72. The van der Waals surface area contributed by atoms with Crippen molar-refractivity contribution in [1.29, 1.82) is 0 Å². The highest BCUT2D eigenvalue weighted by Crippen LogP contribution is 2.33. The number of nitrogens with two attached hydrogens (primary N) is 1. The minimum atomic E-state index is 0.684. The third kappa shape index (κ3) is 1.01. The summed E-state index contributed by atoms with van der Waals surface area (Å²) in [6.45, 7) is 0. The highest BCUT2D eigenvalue weighted by Gasteiger charge is 2.06. The van der Waals surface area contributed by atoms with Crippen molar-refractivity contribution in [3.05, 3.63) is 27.8 Å². The summed E-state index contributed by atoms with van der Waals surface area (Å²) in [5, 5.41) is 1.63. The van der Waals surface area contributed by atoms with Gasteiger partial charge in [-0.05, 0) is 12.1 Å². The van der Waals surface area contributed by atoms with Gasteiger partial charge in [0.1, 0.15) is 0 Å². The first-order chi connectivity index (χ1) is 5.70. The predicted molar refractivity (Wildman–Crippen MR) is 55.4 cm³/mol. The molecule has 1 heterocycles. The molecule has 0 fully saturated rings. The standard InChI is InChI=1S/C8H6BrClN2/c9-4-1-2-6(11)8-7(4)5(10)3-12-8/h1-3,12H,11H2. The molecule has 12 heavy (non-hydrogen) atoms. The number of nitrogens with one attached hydrogen (secondary N) is 1. The summed E-state index contributed by atoms with van der Waals surface area (Å²) < 4.78 is 0.956. The van der Waals surface area contributed by atoms with Crippen LogP contribution in [0.25, 0.3) is 10.9 Å². The zero-order valence-corrected chi connectivity index (χ0v) is 8.41. The van der Waals surface area contributed by atoms with Gasteiger partial charge in [-0.15, -0.1) is 0 Å². The molecule has 1 aromatic heterocycles. The molecule has 0 unspecified atom stereocenters. The van der Waals surface area contributed by atoms with Gasteiger partial charge in [-0.2, -0.15) is 0 Å². The molecule has 0 aliphatic rings. The van der Waals surface area contributed by atoms with Crippen molar-refractivity contribution in [2.24, 2.45) is 0 Å². The SMILES string of the molecule is Nc1ccc(Br)c2c(Cl)c[nH]c12. The van der Waals surface area contributed by atoms with Crippen LogP contribution in [0.5, 0.6) is 0 Å². The second kappa shape index (κ2) is 2.68. The summed E-state index contributed by atoms with van der Waals surface area (Å²) in [6.07, 6.45) is 1.73. The Hall–Kier alpha value is -0.670. The molecule has 0 bridgehead atoms. The lowest BCUT2D eigenvalue weighted by Crippen LogP contribution is -1.85. The smallest absolute Gasteiger partial charge is 0.0714 e. The Balaban J connectivity index is 2.98. The minimum absolute atomic E-state index is 0.684. The van der Waals surface area contributed by atoms with Crippen LogP contribution in [-0.4, -0.2) is 4.98 Å². The number of hydrogen-bond acceptors (Lipinski definition) is 1. The lowest BCUT2D eigenvalue weighted by molar-refractivity contribution is 1.48. The van der Waals surface area contributed by atoms with Crippen LogP contribution in [0, 0.1) is 0 Å². The van der Waals surface area contributed by atoms with E-state index < -0.39 is 0 Å². The lowest BCUT2D eigenvalue weighted by Gasteiger charge is -1.98. The van der Waals surface area contributed by atoms with Crippen LogP contribution in [0.1, 0.15) is 0 Å². The molecule has 2 nitrogen and oxygen atoms in total. The number of halogens is 2. The molecule has 2 rings (SSSR count). The molecule has 4 heteroatoms. The normalized spacial score (nSPS) is 10.8. The predicted octanol–water partition coefficient (Wildman–Crippen LogP) is 3.17. The molecule has 1 aromatic carbocycles. The second-order valence-corrected chi connectivity index (χ2v) is 3.78. The zero-order valence-electron chi connectivity index (χ0n) is 6.07. The van der Waals surface area contributed by atoms with Crippen LogP contribution in [-0.2, 0) is 0 Å². The van der Waals surface area contributed by atoms with Crippen molar-refractivity contribution in [1.82, 2.24) is 4.98 Å². The van der Waals surface area contributed by atoms with Gasteiger partial charge in [0, 0.05) is 16.1 Å². The van der Waals surface area contributed by atoms with Gasteiger partial charge >= 0.3 is 0 Å². The first-order valence-electron chi connectivity index (χ1n) is 3.40. The van der Waals surface area contributed by atoms with Crippen molar-refractivity contribution in [3.63, 3.8) is 0 Å². The molecule has 2 aromatic rings. The molecule has 0 saturated heterocycles. The molecule has 0 amide bonds. The summed E-state index contributed by atoms with van der Waals surface area (Å²) in [7, 11) is 0. The summed E-state index contributed by atoms with van der Waals surface area (Å²) in [6, 6.07) is 3.72. The minimum Gasteiger partial charge on any atom is -0.397 e. The number of aromatic amines is 1. The maximum absolute atomic E-state index is 5.93. The number of nitrogen functional groups attached to an aromatic ring is 1. The van der Waals surface area contributed by atoms with Gasteiger partial charge in [0.25, 0.3) is 0 Å². The van der Waals surface area contributed by atoms with E-state index in [-0.39, 0.29) is 0 Å². The first kappa shape index (κ1) is 7.95. The number of benzene rings is 1. The Labute approximate surface area is 82.8 Å². The highest BCUT2D eigenvalue weighted by atomic mass is 79.9. The van der Waals surface area contributed by atoms with E-state index in [2.05, 4.69) is 20.9 Å². The molecular formula is C8H6BrClN2. The van der Waals surface area contributed by atoms with E-state index in [4.69, 9.17) is 17.3 Å². The monoisotopic (exact) mass is 244 g/mol. The number of rotatable bonds is 0. The number of anilines is 1. The highest BCUT2D eigenvalue weighted by molar-refractivity contribution is 9.10. The third-order valence-electron chi connectivity index (χ3n) is 1.77. The van der Waals surface area contributed by atoms with Crippen LogP contribution < -0.4 is 5.73 Å². The van der Waals surface area contributed by atoms with Gasteiger partial charge in [-0.25, -0.2) is 0 Å². The average molecular weight is 246 g/mol. The molecule has 0 aliphatic heterocycles. The second-order valence-electron chi connectivity index (χ2n) is 2.52. The number of aromatic nitrogens is 1. The fourth-order valence-corrected chi connectivity index (χ4v) is 2.10. The van der Waals surface area contributed by atoms with Crippen molar-refractivity contribution >= 4 is 44.1 Å². The van der Waals surface area contributed by atoms with Gasteiger partial charge in [0.2, 0.25) is 0 Å². The number of H-pyrrole nitrogens is 1. The van der Waals surface area contributed by atoms with Gasteiger partial charge in [0.05, 0.1) is 16.2 Å². The molecule has 0 radical (unpaired) electrons. The van der Waals surface area contributed by atoms with E-state index in [1.54, 1.807) is 6.20 Å². The van der Waals surface area contributed by atoms with Crippen LogP contribution in [0.2, 0.25) is 5.02 Å². The van der Waals surface area contributed by atoms with Crippen molar-refractivity contribution in [3.8, 4) is 0 Å².